The Labute approximate surface area is 164 Å². The smallest absolute Gasteiger partial charge is 0.227 e. The van der Waals surface area contributed by atoms with E-state index in [0.717, 1.165) is 28.1 Å². The van der Waals surface area contributed by atoms with Gasteiger partial charge in [-0.1, -0.05) is 30.3 Å². The Morgan fingerprint density at radius 3 is 2.89 bits per heavy atom. The minimum absolute atomic E-state index is 0.00649. The Morgan fingerprint density at radius 1 is 1.21 bits per heavy atom. The van der Waals surface area contributed by atoms with Crippen LogP contribution >= 0.6 is 0 Å². The monoisotopic (exact) mass is 376 g/mol. The lowest BCUT2D eigenvalue weighted by molar-refractivity contribution is -0.122. The number of amides is 2. The molecular formula is C22H24N4O2. The van der Waals surface area contributed by atoms with Crippen LogP contribution in [0.1, 0.15) is 24.2 Å². The maximum Gasteiger partial charge on any atom is 0.227 e. The van der Waals surface area contributed by atoms with E-state index in [0.29, 0.717) is 32.4 Å². The quantitative estimate of drug-likeness (QED) is 0.694. The van der Waals surface area contributed by atoms with E-state index in [1.807, 2.05) is 55.5 Å². The summed E-state index contributed by atoms with van der Waals surface area (Å²) >= 11 is 0. The number of fused-ring (bicyclic) bond motifs is 2. The van der Waals surface area contributed by atoms with Gasteiger partial charge in [0.1, 0.15) is 5.82 Å². The molecule has 1 aliphatic heterocycles. The molecule has 0 spiro atoms. The van der Waals surface area contributed by atoms with Crippen molar-refractivity contribution in [3.8, 4) is 0 Å². The van der Waals surface area contributed by atoms with Gasteiger partial charge in [0.05, 0.1) is 11.0 Å². The molecule has 0 bridgehead atoms. The fourth-order valence-electron chi connectivity index (χ4n) is 3.83. The van der Waals surface area contributed by atoms with Crippen LogP contribution in [0.4, 0.5) is 5.69 Å². The van der Waals surface area contributed by atoms with Gasteiger partial charge in [0.2, 0.25) is 11.8 Å². The molecular weight excluding hydrogens is 352 g/mol. The van der Waals surface area contributed by atoms with Crippen LogP contribution in [0.5, 0.6) is 0 Å². The molecule has 3 aromatic rings. The first-order chi connectivity index (χ1) is 13.6. The van der Waals surface area contributed by atoms with Gasteiger partial charge < -0.3 is 15.2 Å². The molecule has 6 nitrogen and oxygen atoms in total. The minimum Gasteiger partial charge on any atom is -0.354 e. The highest BCUT2D eigenvalue weighted by molar-refractivity contribution is 5.96. The number of carbonyl (C=O) groups excluding carboxylic acids is 2. The summed E-state index contributed by atoms with van der Waals surface area (Å²) in [5.74, 6) is 0.772. The molecule has 4 rings (SSSR count). The second kappa shape index (κ2) is 7.84. The van der Waals surface area contributed by atoms with Crippen molar-refractivity contribution in [2.24, 2.45) is 5.92 Å². The Hall–Kier alpha value is -3.15. The topological polar surface area (TPSA) is 76.0 Å². The van der Waals surface area contributed by atoms with E-state index in [2.05, 4.69) is 20.2 Å². The lowest BCUT2D eigenvalue weighted by Gasteiger charge is -2.24. The highest BCUT2D eigenvalue weighted by atomic mass is 16.2. The molecule has 0 radical (unpaired) electrons. The van der Waals surface area contributed by atoms with Crippen LogP contribution in [-0.2, 0) is 22.6 Å². The number of rotatable bonds is 6. The molecule has 1 aliphatic rings. The number of imidazole rings is 1. The molecule has 1 atom stereocenters. The first kappa shape index (κ1) is 18.2. The second-order valence-corrected chi connectivity index (χ2v) is 7.24. The van der Waals surface area contributed by atoms with E-state index in [4.69, 9.17) is 0 Å². The summed E-state index contributed by atoms with van der Waals surface area (Å²) in [5, 5.41) is 5.90. The molecule has 0 aliphatic carbocycles. The molecule has 0 saturated carbocycles. The van der Waals surface area contributed by atoms with Gasteiger partial charge in [-0.15, -0.1) is 0 Å². The number of nitrogens with zero attached hydrogens (tertiary/aromatic N) is 2. The van der Waals surface area contributed by atoms with Crippen LogP contribution in [0.15, 0.2) is 48.5 Å². The third kappa shape index (κ3) is 3.76. The van der Waals surface area contributed by atoms with E-state index in [1.165, 1.54) is 0 Å². The molecule has 2 N–H and O–H groups in total. The molecule has 1 aromatic heterocycles. The van der Waals surface area contributed by atoms with Crippen molar-refractivity contribution in [2.75, 3.05) is 11.9 Å². The van der Waals surface area contributed by atoms with E-state index >= 15 is 0 Å². The lowest BCUT2D eigenvalue weighted by atomic mass is 9.89. The highest BCUT2D eigenvalue weighted by Gasteiger charge is 2.26. The van der Waals surface area contributed by atoms with Gasteiger partial charge in [-0.3, -0.25) is 9.59 Å². The summed E-state index contributed by atoms with van der Waals surface area (Å²) in [4.78, 5) is 29.0. The van der Waals surface area contributed by atoms with Crippen molar-refractivity contribution in [3.05, 3.63) is 59.9 Å². The average Bonchev–Trinajstić information content (AvgIpc) is 3.01. The fraction of sp³-hybridized carbons (Fsp3) is 0.318. The summed E-state index contributed by atoms with van der Waals surface area (Å²) in [6.07, 6.45) is 1.60. The molecule has 6 heteroatoms. The predicted molar refractivity (Wildman–Crippen MR) is 109 cm³/mol. The van der Waals surface area contributed by atoms with Crippen molar-refractivity contribution >= 4 is 28.5 Å². The SMILES string of the molecule is Cc1nc2ccccc2n1CCNC(=O)CCC1Cc2ccccc2NC1=O. The number of hydrogen-bond acceptors (Lipinski definition) is 3. The maximum absolute atomic E-state index is 12.2. The average molecular weight is 376 g/mol. The van der Waals surface area contributed by atoms with E-state index in [1.54, 1.807) is 0 Å². The summed E-state index contributed by atoms with van der Waals surface area (Å²) in [6, 6.07) is 15.8. The van der Waals surface area contributed by atoms with Gasteiger partial charge in [0.15, 0.2) is 0 Å². The summed E-state index contributed by atoms with van der Waals surface area (Å²) < 4.78 is 2.11. The number of aryl methyl sites for hydroxylation is 1. The molecule has 0 fully saturated rings. The summed E-state index contributed by atoms with van der Waals surface area (Å²) in [7, 11) is 0. The lowest BCUT2D eigenvalue weighted by Crippen LogP contribution is -2.32. The van der Waals surface area contributed by atoms with Gasteiger partial charge in [0, 0.05) is 31.1 Å². The number of anilines is 1. The van der Waals surface area contributed by atoms with Crippen molar-refractivity contribution < 1.29 is 9.59 Å². The second-order valence-electron chi connectivity index (χ2n) is 7.24. The first-order valence-electron chi connectivity index (χ1n) is 9.69. The highest BCUT2D eigenvalue weighted by Crippen LogP contribution is 2.27. The van der Waals surface area contributed by atoms with Crippen molar-refractivity contribution in [1.82, 2.24) is 14.9 Å². The number of carbonyl (C=O) groups is 2. The number of para-hydroxylation sites is 3. The zero-order valence-electron chi connectivity index (χ0n) is 15.9. The number of nitrogens with one attached hydrogen (secondary N) is 2. The van der Waals surface area contributed by atoms with E-state index in [-0.39, 0.29) is 17.7 Å². The van der Waals surface area contributed by atoms with Gasteiger partial charge >= 0.3 is 0 Å². The van der Waals surface area contributed by atoms with Crippen molar-refractivity contribution in [1.29, 1.82) is 0 Å². The predicted octanol–water partition coefficient (Wildman–Crippen LogP) is 3.05. The van der Waals surface area contributed by atoms with Crippen LogP contribution < -0.4 is 10.6 Å². The fourth-order valence-corrected chi connectivity index (χ4v) is 3.83. The summed E-state index contributed by atoms with van der Waals surface area (Å²) in [5.41, 5.74) is 4.06. The molecule has 2 amide bonds. The van der Waals surface area contributed by atoms with E-state index < -0.39 is 0 Å². The molecule has 1 unspecified atom stereocenters. The molecule has 0 saturated heterocycles. The van der Waals surface area contributed by atoms with Gasteiger partial charge in [-0.2, -0.15) is 0 Å². The molecule has 28 heavy (non-hydrogen) atoms. The zero-order chi connectivity index (χ0) is 19.5. The maximum atomic E-state index is 12.2. The van der Waals surface area contributed by atoms with Crippen molar-refractivity contribution in [3.63, 3.8) is 0 Å². The largest absolute Gasteiger partial charge is 0.354 e. The normalized spacial score (nSPS) is 15.9. The van der Waals surface area contributed by atoms with Crippen LogP contribution in [0.25, 0.3) is 11.0 Å². The minimum atomic E-state index is -0.152. The van der Waals surface area contributed by atoms with Gasteiger partial charge in [-0.25, -0.2) is 4.98 Å². The van der Waals surface area contributed by atoms with Crippen LogP contribution in [0.2, 0.25) is 0 Å². The van der Waals surface area contributed by atoms with Gasteiger partial charge in [0.25, 0.3) is 0 Å². The van der Waals surface area contributed by atoms with Crippen LogP contribution in [0.3, 0.4) is 0 Å². The summed E-state index contributed by atoms with van der Waals surface area (Å²) in [6.45, 7) is 3.19. The van der Waals surface area contributed by atoms with E-state index in [9.17, 15) is 9.59 Å². The molecule has 2 aromatic carbocycles. The number of hydrogen-bond donors (Lipinski definition) is 2. The van der Waals surface area contributed by atoms with Crippen LogP contribution in [-0.4, -0.2) is 27.9 Å². The van der Waals surface area contributed by atoms with Crippen molar-refractivity contribution in [2.45, 2.75) is 32.7 Å². The molecule has 144 valence electrons. The van der Waals surface area contributed by atoms with Crippen LogP contribution in [0, 0.1) is 12.8 Å². The first-order valence-corrected chi connectivity index (χ1v) is 9.69. The Balaban J connectivity index is 1.27. The zero-order valence-corrected chi connectivity index (χ0v) is 15.9. The Kier molecular flexibility index (Phi) is 5.10. The Bertz CT molecular complexity index is 1020. The number of benzene rings is 2. The third-order valence-electron chi connectivity index (χ3n) is 5.34. The standard InChI is InChI=1S/C22H24N4O2/c1-15-24-19-8-4-5-9-20(19)26(15)13-12-23-21(27)11-10-17-14-16-6-2-3-7-18(16)25-22(17)28/h2-9,17H,10-14H2,1H3,(H,23,27)(H,25,28). The van der Waals surface area contributed by atoms with Gasteiger partial charge in [-0.05, 0) is 43.5 Å². The molecule has 2 heterocycles. The number of aromatic nitrogens is 2. The Morgan fingerprint density at radius 2 is 2.00 bits per heavy atom. The third-order valence-corrected chi connectivity index (χ3v) is 5.34.